The Kier molecular flexibility index (Phi) is 6.32. The van der Waals surface area contributed by atoms with Crippen LogP contribution < -0.4 is 11.1 Å². The molecule has 0 spiro atoms. The molecule has 0 bridgehead atoms. The summed E-state index contributed by atoms with van der Waals surface area (Å²) in [5.41, 5.74) is 11.7. The van der Waals surface area contributed by atoms with E-state index < -0.39 is 0 Å². The molecule has 0 aliphatic carbocycles. The number of aromatic nitrogens is 3. The summed E-state index contributed by atoms with van der Waals surface area (Å²) in [6, 6.07) is 11.0. The number of imidazole rings is 1. The maximum Gasteiger partial charge on any atom is 0.152 e. The zero-order valence-electron chi connectivity index (χ0n) is 18.0. The van der Waals surface area contributed by atoms with Crippen LogP contribution in [-0.4, -0.2) is 39.1 Å². The highest BCUT2D eigenvalue weighted by Crippen LogP contribution is 2.32. The van der Waals surface area contributed by atoms with Crippen molar-refractivity contribution in [2.45, 2.75) is 40.4 Å². The van der Waals surface area contributed by atoms with Crippen LogP contribution in [0.1, 0.15) is 37.7 Å². The molecule has 30 heavy (non-hydrogen) atoms. The van der Waals surface area contributed by atoms with E-state index in [1.807, 2.05) is 6.07 Å². The molecule has 3 heterocycles. The Morgan fingerprint density at radius 1 is 1.03 bits per heavy atom. The molecule has 0 aliphatic rings. The Hall–Kier alpha value is -2.48. The first kappa shape index (κ1) is 20.8. The number of thiophene rings is 1. The highest BCUT2D eigenvalue weighted by molar-refractivity contribution is 7.18. The van der Waals surface area contributed by atoms with E-state index in [1.54, 1.807) is 11.3 Å². The SMILES string of the molecule is CCNCc1nc2c(N)nc3ccsc3c2n1Cc1ccc(CN(CC)CC)cc1. The second kappa shape index (κ2) is 9.12. The smallest absolute Gasteiger partial charge is 0.152 e. The molecule has 1 aromatic carbocycles. The first-order valence-electron chi connectivity index (χ1n) is 10.7. The van der Waals surface area contributed by atoms with Gasteiger partial charge in [0, 0.05) is 13.1 Å². The summed E-state index contributed by atoms with van der Waals surface area (Å²) < 4.78 is 3.45. The van der Waals surface area contributed by atoms with Crippen LogP contribution in [0, 0.1) is 0 Å². The van der Waals surface area contributed by atoms with Gasteiger partial charge in [-0.15, -0.1) is 11.3 Å². The topological polar surface area (TPSA) is 72.0 Å². The van der Waals surface area contributed by atoms with Gasteiger partial charge in [-0.2, -0.15) is 0 Å². The molecule has 4 rings (SSSR count). The van der Waals surface area contributed by atoms with Crippen LogP contribution in [-0.2, 0) is 19.6 Å². The molecule has 0 saturated heterocycles. The summed E-state index contributed by atoms with van der Waals surface area (Å²) in [5.74, 6) is 1.50. The van der Waals surface area contributed by atoms with E-state index in [2.05, 4.69) is 70.2 Å². The largest absolute Gasteiger partial charge is 0.382 e. The van der Waals surface area contributed by atoms with Gasteiger partial charge in [0.05, 0.1) is 22.3 Å². The molecule has 0 radical (unpaired) electrons. The number of nitrogens with two attached hydrogens (primary N) is 1. The lowest BCUT2D eigenvalue weighted by atomic mass is 10.1. The average molecular weight is 423 g/mol. The van der Waals surface area contributed by atoms with Crippen molar-refractivity contribution in [2.24, 2.45) is 0 Å². The lowest BCUT2D eigenvalue weighted by Gasteiger charge is -2.18. The Bertz CT molecular complexity index is 1120. The number of benzene rings is 1. The van der Waals surface area contributed by atoms with Crippen LogP contribution in [0.25, 0.3) is 21.3 Å². The molecule has 3 aromatic heterocycles. The van der Waals surface area contributed by atoms with E-state index in [-0.39, 0.29) is 0 Å². The van der Waals surface area contributed by atoms with Crippen LogP contribution in [0.4, 0.5) is 5.82 Å². The molecule has 158 valence electrons. The predicted molar refractivity (Wildman–Crippen MR) is 127 cm³/mol. The zero-order valence-corrected chi connectivity index (χ0v) is 18.8. The van der Waals surface area contributed by atoms with E-state index in [1.165, 1.54) is 11.1 Å². The second-order valence-electron chi connectivity index (χ2n) is 7.50. The summed E-state index contributed by atoms with van der Waals surface area (Å²) in [4.78, 5) is 11.8. The Morgan fingerprint density at radius 3 is 2.47 bits per heavy atom. The van der Waals surface area contributed by atoms with Gasteiger partial charge in [-0.05, 0) is 42.2 Å². The van der Waals surface area contributed by atoms with Gasteiger partial charge >= 0.3 is 0 Å². The van der Waals surface area contributed by atoms with Gasteiger partial charge in [-0.25, -0.2) is 9.97 Å². The molecule has 0 fully saturated rings. The van der Waals surface area contributed by atoms with Crippen molar-refractivity contribution in [2.75, 3.05) is 25.4 Å². The minimum atomic E-state index is 0.502. The molecule has 3 N–H and O–H groups in total. The van der Waals surface area contributed by atoms with E-state index in [0.717, 1.165) is 59.8 Å². The van der Waals surface area contributed by atoms with Gasteiger partial charge < -0.3 is 15.6 Å². The number of rotatable bonds is 9. The van der Waals surface area contributed by atoms with Crippen molar-refractivity contribution < 1.29 is 0 Å². The fourth-order valence-corrected chi connectivity index (χ4v) is 4.72. The minimum absolute atomic E-state index is 0.502. The number of hydrogen-bond acceptors (Lipinski definition) is 6. The second-order valence-corrected chi connectivity index (χ2v) is 8.42. The Labute approximate surface area is 181 Å². The third kappa shape index (κ3) is 4.05. The van der Waals surface area contributed by atoms with Gasteiger partial charge in [0.15, 0.2) is 5.82 Å². The number of nitrogens with one attached hydrogen (secondary N) is 1. The maximum atomic E-state index is 6.27. The van der Waals surface area contributed by atoms with Crippen molar-refractivity contribution in [1.29, 1.82) is 0 Å². The maximum absolute atomic E-state index is 6.27. The normalized spacial score (nSPS) is 11.9. The van der Waals surface area contributed by atoms with Gasteiger partial charge in [0.2, 0.25) is 0 Å². The molecular weight excluding hydrogens is 392 g/mol. The van der Waals surface area contributed by atoms with Crippen LogP contribution >= 0.6 is 11.3 Å². The molecule has 7 heteroatoms. The molecule has 0 unspecified atom stereocenters. The number of nitrogens with zero attached hydrogens (tertiary/aromatic N) is 4. The van der Waals surface area contributed by atoms with Crippen molar-refractivity contribution in [1.82, 2.24) is 24.8 Å². The van der Waals surface area contributed by atoms with Crippen molar-refractivity contribution in [3.8, 4) is 0 Å². The molecular formula is C23H30N6S. The van der Waals surface area contributed by atoms with Crippen LogP contribution in [0.2, 0.25) is 0 Å². The van der Waals surface area contributed by atoms with E-state index >= 15 is 0 Å². The molecule has 6 nitrogen and oxygen atoms in total. The standard InChI is InChI=1S/C23H30N6S/c1-4-25-13-19-27-20-21(22-18(11-12-30-22)26-23(20)24)29(19)15-17-9-7-16(8-10-17)14-28(5-2)6-3/h7-12,25H,4-6,13-15H2,1-3H3,(H2,24,26). The zero-order chi connectivity index (χ0) is 21.1. The first-order chi connectivity index (χ1) is 14.6. The lowest BCUT2D eigenvalue weighted by Crippen LogP contribution is -2.22. The van der Waals surface area contributed by atoms with E-state index in [9.17, 15) is 0 Å². The van der Waals surface area contributed by atoms with Gasteiger partial charge in [-0.3, -0.25) is 4.90 Å². The quantitative estimate of drug-likeness (QED) is 0.422. The van der Waals surface area contributed by atoms with Gasteiger partial charge in [0.25, 0.3) is 0 Å². The highest BCUT2D eigenvalue weighted by Gasteiger charge is 2.18. The minimum Gasteiger partial charge on any atom is -0.382 e. The highest BCUT2D eigenvalue weighted by atomic mass is 32.1. The van der Waals surface area contributed by atoms with Crippen LogP contribution in [0.5, 0.6) is 0 Å². The van der Waals surface area contributed by atoms with Crippen molar-refractivity contribution in [3.63, 3.8) is 0 Å². The van der Waals surface area contributed by atoms with Crippen molar-refractivity contribution in [3.05, 3.63) is 52.7 Å². The first-order valence-corrected chi connectivity index (χ1v) is 11.5. The molecule has 0 atom stereocenters. The third-order valence-electron chi connectivity index (χ3n) is 5.59. The molecule has 0 aliphatic heterocycles. The van der Waals surface area contributed by atoms with Gasteiger partial charge in [-0.1, -0.05) is 45.0 Å². The number of hydrogen-bond donors (Lipinski definition) is 2. The number of nitrogen functional groups attached to an aromatic ring is 1. The fourth-order valence-electron chi connectivity index (χ4n) is 3.84. The van der Waals surface area contributed by atoms with Crippen LogP contribution in [0.15, 0.2) is 35.7 Å². The number of pyridine rings is 1. The average Bonchev–Trinajstić information content (AvgIpc) is 3.36. The number of anilines is 1. The number of fused-ring (bicyclic) bond motifs is 3. The summed E-state index contributed by atoms with van der Waals surface area (Å²) in [6.45, 7) is 12.0. The van der Waals surface area contributed by atoms with E-state index in [0.29, 0.717) is 12.4 Å². The lowest BCUT2D eigenvalue weighted by molar-refractivity contribution is 0.296. The molecule has 4 aromatic rings. The summed E-state index contributed by atoms with van der Waals surface area (Å²) in [5, 5.41) is 5.48. The van der Waals surface area contributed by atoms with Crippen molar-refractivity contribution >= 4 is 38.4 Å². The summed E-state index contributed by atoms with van der Waals surface area (Å²) in [7, 11) is 0. The van der Waals surface area contributed by atoms with Gasteiger partial charge in [0.1, 0.15) is 11.3 Å². The summed E-state index contributed by atoms with van der Waals surface area (Å²) in [6.07, 6.45) is 0. The predicted octanol–water partition coefficient (Wildman–Crippen LogP) is 4.23. The fraction of sp³-hybridized carbons (Fsp3) is 0.391. The third-order valence-corrected chi connectivity index (χ3v) is 6.50. The summed E-state index contributed by atoms with van der Waals surface area (Å²) >= 11 is 1.70. The molecule has 0 amide bonds. The monoisotopic (exact) mass is 422 g/mol. The van der Waals surface area contributed by atoms with Crippen LogP contribution in [0.3, 0.4) is 0 Å². The Morgan fingerprint density at radius 2 is 1.77 bits per heavy atom. The molecule has 0 saturated carbocycles. The Balaban J connectivity index is 1.72. The van der Waals surface area contributed by atoms with E-state index in [4.69, 9.17) is 10.7 Å².